The molecule has 0 aromatic carbocycles. The molecule has 0 aliphatic rings. The van der Waals surface area contributed by atoms with Crippen LogP contribution in [-0.2, 0) is 0 Å². The highest BCUT2D eigenvalue weighted by molar-refractivity contribution is 14.1. The van der Waals surface area contributed by atoms with Crippen molar-refractivity contribution in [2.24, 2.45) is 0 Å². The molecule has 0 radical (unpaired) electrons. The second-order valence-corrected chi connectivity index (χ2v) is 5.70. The van der Waals surface area contributed by atoms with E-state index in [1.54, 1.807) is 0 Å². The van der Waals surface area contributed by atoms with E-state index in [1.165, 1.54) is 81.7 Å². The Morgan fingerprint density at radius 2 is 1.19 bits per heavy atom. The first kappa shape index (κ1) is 16.7. The van der Waals surface area contributed by atoms with E-state index in [2.05, 4.69) is 34.8 Å². The van der Waals surface area contributed by atoms with Crippen LogP contribution in [0.4, 0.5) is 0 Å². The molecule has 98 valence electrons. The monoisotopic (exact) mass is 339 g/mol. The van der Waals surface area contributed by atoms with E-state index in [-0.39, 0.29) is 0 Å². The SMILES string of the molecule is CCCCCCCCCCNCCCCI. The van der Waals surface area contributed by atoms with Gasteiger partial charge >= 0.3 is 0 Å². The van der Waals surface area contributed by atoms with Gasteiger partial charge in [-0.3, -0.25) is 0 Å². The summed E-state index contributed by atoms with van der Waals surface area (Å²) in [6, 6.07) is 0. The van der Waals surface area contributed by atoms with Crippen molar-refractivity contribution in [1.29, 1.82) is 0 Å². The fourth-order valence-corrected chi connectivity index (χ4v) is 2.39. The first-order chi connectivity index (χ1) is 7.91. The quantitative estimate of drug-likeness (QED) is 0.285. The molecule has 0 unspecified atom stereocenters. The van der Waals surface area contributed by atoms with Crippen molar-refractivity contribution in [3.63, 3.8) is 0 Å². The summed E-state index contributed by atoms with van der Waals surface area (Å²) in [6.45, 7) is 4.74. The molecule has 0 heterocycles. The molecule has 0 amide bonds. The summed E-state index contributed by atoms with van der Waals surface area (Å²) >= 11 is 2.45. The average Bonchev–Trinajstić information content (AvgIpc) is 2.31. The van der Waals surface area contributed by atoms with Gasteiger partial charge in [0.1, 0.15) is 0 Å². The van der Waals surface area contributed by atoms with Crippen molar-refractivity contribution in [1.82, 2.24) is 5.32 Å². The van der Waals surface area contributed by atoms with Crippen LogP contribution < -0.4 is 5.32 Å². The van der Waals surface area contributed by atoms with Gasteiger partial charge in [-0.1, -0.05) is 74.5 Å². The first-order valence-electron chi connectivity index (χ1n) is 7.18. The zero-order valence-electron chi connectivity index (χ0n) is 11.1. The number of rotatable bonds is 13. The molecule has 0 saturated heterocycles. The smallest absolute Gasteiger partial charge is 0.000426 e. The molecule has 1 nitrogen and oxygen atoms in total. The average molecular weight is 339 g/mol. The summed E-state index contributed by atoms with van der Waals surface area (Å²) in [5.41, 5.74) is 0. The Hall–Kier alpha value is 0.690. The molecule has 0 aliphatic carbocycles. The van der Waals surface area contributed by atoms with Crippen LogP contribution in [0, 0.1) is 0 Å². The molecular formula is C14H30IN. The summed E-state index contributed by atoms with van der Waals surface area (Å²) in [6.07, 6.45) is 14.1. The molecule has 0 saturated carbocycles. The maximum atomic E-state index is 3.53. The summed E-state index contributed by atoms with van der Waals surface area (Å²) in [4.78, 5) is 0. The summed E-state index contributed by atoms with van der Waals surface area (Å²) in [5.74, 6) is 0. The summed E-state index contributed by atoms with van der Waals surface area (Å²) in [5, 5.41) is 3.53. The molecule has 0 atom stereocenters. The second-order valence-electron chi connectivity index (χ2n) is 4.62. The molecule has 0 aromatic rings. The minimum absolute atomic E-state index is 1.22. The standard InChI is InChI=1S/C14H30IN/c1-2-3-4-5-6-7-8-10-13-16-14-11-9-12-15/h16H,2-14H2,1H3. The molecule has 1 N–H and O–H groups in total. The van der Waals surface area contributed by atoms with Crippen molar-refractivity contribution in [3.05, 3.63) is 0 Å². The third-order valence-corrected chi connectivity index (χ3v) is 3.71. The van der Waals surface area contributed by atoms with Crippen LogP contribution in [0.5, 0.6) is 0 Å². The Morgan fingerprint density at radius 3 is 1.75 bits per heavy atom. The van der Waals surface area contributed by atoms with Gasteiger partial charge in [0.15, 0.2) is 0 Å². The highest BCUT2D eigenvalue weighted by Gasteiger charge is 1.91. The number of unbranched alkanes of at least 4 members (excludes halogenated alkanes) is 8. The maximum Gasteiger partial charge on any atom is -0.000426 e. The predicted octanol–water partition coefficient (Wildman–Crippen LogP) is 4.93. The first-order valence-corrected chi connectivity index (χ1v) is 8.71. The Bertz CT molecular complexity index is 103. The second kappa shape index (κ2) is 15.7. The Morgan fingerprint density at radius 1 is 0.688 bits per heavy atom. The molecule has 0 spiro atoms. The van der Waals surface area contributed by atoms with Crippen LogP contribution in [0.15, 0.2) is 0 Å². The van der Waals surface area contributed by atoms with Crippen LogP contribution in [-0.4, -0.2) is 17.5 Å². The molecule has 0 aromatic heterocycles. The van der Waals surface area contributed by atoms with Crippen LogP contribution in [0.25, 0.3) is 0 Å². The Kier molecular flexibility index (Phi) is 16.4. The van der Waals surface area contributed by atoms with E-state index in [0.717, 1.165) is 0 Å². The zero-order valence-corrected chi connectivity index (χ0v) is 13.2. The van der Waals surface area contributed by atoms with E-state index in [4.69, 9.17) is 0 Å². The molecule has 0 aliphatic heterocycles. The van der Waals surface area contributed by atoms with Gasteiger partial charge in [-0.25, -0.2) is 0 Å². The van der Waals surface area contributed by atoms with Crippen molar-refractivity contribution < 1.29 is 0 Å². The van der Waals surface area contributed by atoms with Gasteiger partial charge in [-0.15, -0.1) is 0 Å². The summed E-state index contributed by atoms with van der Waals surface area (Å²) in [7, 11) is 0. The molecular weight excluding hydrogens is 309 g/mol. The molecule has 0 bridgehead atoms. The molecule has 0 rings (SSSR count). The third kappa shape index (κ3) is 14.7. The highest BCUT2D eigenvalue weighted by Crippen LogP contribution is 2.07. The number of halogens is 1. The van der Waals surface area contributed by atoms with E-state index < -0.39 is 0 Å². The molecule has 2 heteroatoms. The van der Waals surface area contributed by atoms with Gasteiger partial charge in [0, 0.05) is 0 Å². The van der Waals surface area contributed by atoms with Gasteiger partial charge in [0.05, 0.1) is 0 Å². The van der Waals surface area contributed by atoms with Crippen LogP contribution >= 0.6 is 22.6 Å². The third-order valence-electron chi connectivity index (χ3n) is 2.94. The van der Waals surface area contributed by atoms with Gasteiger partial charge in [-0.2, -0.15) is 0 Å². The van der Waals surface area contributed by atoms with E-state index in [1.807, 2.05) is 0 Å². The Labute approximate surface area is 116 Å². The van der Waals surface area contributed by atoms with Crippen molar-refractivity contribution in [2.75, 3.05) is 17.5 Å². The van der Waals surface area contributed by atoms with E-state index in [9.17, 15) is 0 Å². The van der Waals surface area contributed by atoms with E-state index >= 15 is 0 Å². The lowest BCUT2D eigenvalue weighted by molar-refractivity contribution is 0.550. The lowest BCUT2D eigenvalue weighted by Gasteiger charge is -2.04. The maximum absolute atomic E-state index is 3.53. The number of hydrogen-bond donors (Lipinski definition) is 1. The van der Waals surface area contributed by atoms with Gasteiger partial charge in [0.2, 0.25) is 0 Å². The molecule has 0 fully saturated rings. The molecule has 16 heavy (non-hydrogen) atoms. The van der Waals surface area contributed by atoms with Crippen molar-refractivity contribution >= 4 is 22.6 Å². The van der Waals surface area contributed by atoms with Gasteiger partial charge < -0.3 is 5.32 Å². The normalized spacial score (nSPS) is 10.9. The van der Waals surface area contributed by atoms with Crippen molar-refractivity contribution in [2.45, 2.75) is 71.1 Å². The topological polar surface area (TPSA) is 12.0 Å². The lowest BCUT2D eigenvalue weighted by atomic mass is 10.1. The summed E-state index contributed by atoms with van der Waals surface area (Å²) < 4.78 is 1.30. The van der Waals surface area contributed by atoms with Crippen molar-refractivity contribution in [3.8, 4) is 0 Å². The largest absolute Gasteiger partial charge is 0.317 e. The number of alkyl halides is 1. The van der Waals surface area contributed by atoms with Crippen LogP contribution in [0.1, 0.15) is 71.1 Å². The van der Waals surface area contributed by atoms with Gasteiger partial charge in [-0.05, 0) is 36.8 Å². The Balaban J connectivity index is 2.83. The van der Waals surface area contributed by atoms with E-state index in [0.29, 0.717) is 0 Å². The minimum atomic E-state index is 1.22. The van der Waals surface area contributed by atoms with Gasteiger partial charge in [0.25, 0.3) is 0 Å². The fraction of sp³-hybridized carbons (Fsp3) is 1.00. The predicted molar refractivity (Wildman–Crippen MR) is 83.6 cm³/mol. The number of nitrogens with one attached hydrogen (secondary N) is 1. The fourth-order valence-electron chi connectivity index (χ4n) is 1.85. The zero-order chi connectivity index (χ0) is 11.9. The minimum Gasteiger partial charge on any atom is -0.317 e. The van der Waals surface area contributed by atoms with Crippen LogP contribution in [0.2, 0.25) is 0 Å². The van der Waals surface area contributed by atoms with Crippen LogP contribution in [0.3, 0.4) is 0 Å². The number of hydrogen-bond acceptors (Lipinski definition) is 1. The lowest BCUT2D eigenvalue weighted by Crippen LogP contribution is -2.16. The highest BCUT2D eigenvalue weighted by atomic mass is 127.